The minimum absolute atomic E-state index is 0.107. The van der Waals surface area contributed by atoms with Gasteiger partial charge in [-0.2, -0.15) is 0 Å². The summed E-state index contributed by atoms with van der Waals surface area (Å²) in [5.41, 5.74) is 0. The lowest BCUT2D eigenvalue weighted by atomic mass is 9.97. The van der Waals surface area contributed by atoms with E-state index in [9.17, 15) is 9.90 Å². The van der Waals surface area contributed by atoms with Crippen molar-refractivity contribution in [1.82, 2.24) is 10.2 Å². The second kappa shape index (κ2) is 5.88. The van der Waals surface area contributed by atoms with E-state index in [2.05, 4.69) is 11.9 Å². The summed E-state index contributed by atoms with van der Waals surface area (Å²) in [6, 6.07) is 0. The lowest BCUT2D eigenvalue weighted by Crippen LogP contribution is -2.47. The normalized spacial score (nSPS) is 26.4. The Morgan fingerprint density at radius 3 is 3.07 bits per heavy atom. The van der Waals surface area contributed by atoms with Crippen molar-refractivity contribution in [2.24, 2.45) is 5.92 Å². The average molecular weight is 212 g/mol. The SMILES string of the molecule is C=CCNCC(=O)N1CCC(O)C(C)C1. The summed E-state index contributed by atoms with van der Waals surface area (Å²) < 4.78 is 0. The minimum Gasteiger partial charge on any atom is -0.393 e. The first-order chi connectivity index (χ1) is 7.15. The van der Waals surface area contributed by atoms with Gasteiger partial charge in [-0.15, -0.1) is 6.58 Å². The number of likely N-dealkylation sites (tertiary alicyclic amines) is 1. The number of nitrogens with one attached hydrogen (secondary N) is 1. The molecule has 4 nitrogen and oxygen atoms in total. The van der Waals surface area contributed by atoms with E-state index in [1.807, 2.05) is 11.8 Å². The van der Waals surface area contributed by atoms with Crippen molar-refractivity contribution in [3.05, 3.63) is 12.7 Å². The molecule has 0 aliphatic carbocycles. The van der Waals surface area contributed by atoms with Crippen LogP contribution in [0, 0.1) is 5.92 Å². The molecule has 0 aromatic heterocycles. The van der Waals surface area contributed by atoms with Gasteiger partial charge in [-0.3, -0.25) is 4.79 Å². The van der Waals surface area contributed by atoms with Crippen molar-refractivity contribution in [2.75, 3.05) is 26.2 Å². The van der Waals surface area contributed by atoms with Crippen molar-refractivity contribution in [3.63, 3.8) is 0 Å². The van der Waals surface area contributed by atoms with E-state index in [4.69, 9.17) is 0 Å². The van der Waals surface area contributed by atoms with Gasteiger partial charge in [0.05, 0.1) is 12.6 Å². The molecule has 4 heteroatoms. The van der Waals surface area contributed by atoms with Crippen LogP contribution in [0.3, 0.4) is 0 Å². The molecule has 1 amide bonds. The molecular formula is C11H20N2O2. The van der Waals surface area contributed by atoms with E-state index in [1.54, 1.807) is 6.08 Å². The third-order valence-electron chi connectivity index (χ3n) is 2.78. The lowest BCUT2D eigenvalue weighted by Gasteiger charge is -2.34. The number of carbonyl (C=O) groups excluding carboxylic acids is 1. The topological polar surface area (TPSA) is 52.6 Å². The van der Waals surface area contributed by atoms with E-state index in [0.29, 0.717) is 32.6 Å². The zero-order valence-corrected chi connectivity index (χ0v) is 9.28. The highest BCUT2D eigenvalue weighted by atomic mass is 16.3. The predicted molar refractivity (Wildman–Crippen MR) is 59.4 cm³/mol. The van der Waals surface area contributed by atoms with E-state index in [0.717, 1.165) is 0 Å². The van der Waals surface area contributed by atoms with Gasteiger partial charge in [-0.1, -0.05) is 13.0 Å². The van der Waals surface area contributed by atoms with Crippen LogP contribution >= 0.6 is 0 Å². The van der Waals surface area contributed by atoms with Crippen LogP contribution in [-0.4, -0.2) is 48.2 Å². The van der Waals surface area contributed by atoms with Gasteiger partial charge in [0.2, 0.25) is 5.91 Å². The molecule has 15 heavy (non-hydrogen) atoms. The monoisotopic (exact) mass is 212 g/mol. The van der Waals surface area contributed by atoms with Gasteiger partial charge in [-0.05, 0) is 12.3 Å². The molecule has 1 saturated heterocycles. The standard InChI is InChI=1S/C11H20N2O2/c1-3-5-12-7-11(15)13-6-4-10(14)9(2)8-13/h3,9-10,12,14H,1,4-8H2,2H3. The van der Waals surface area contributed by atoms with Gasteiger partial charge in [0.15, 0.2) is 0 Å². The Labute approximate surface area is 91.0 Å². The first kappa shape index (κ1) is 12.2. The Balaban J connectivity index is 2.30. The van der Waals surface area contributed by atoms with Crippen molar-refractivity contribution >= 4 is 5.91 Å². The first-order valence-corrected chi connectivity index (χ1v) is 5.42. The Kier molecular flexibility index (Phi) is 4.78. The second-order valence-corrected chi connectivity index (χ2v) is 4.09. The molecule has 1 aliphatic heterocycles. The first-order valence-electron chi connectivity index (χ1n) is 5.42. The fraction of sp³-hybridized carbons (Fsp3) is 0.727. The molecule has 1 heterocycles. The summed E-state index contributed by atoms with van der Waals surface area (Å²) in [4.78, 5) is 13.5. The molecule has 0 aromatic carbocycles. The summed E-state index contributed by atoms with van der Waals surface area (Å²) in [5.74, 6) is 0.290. The number of aliphatic hydroxyl groups excluding tert-OH is 1. The van der Waals surface area contributed by atoms with Crippen molar-refractivity contribution in [2.45, 2.75) is 19.4 Å². The molecule has 2 unspecified atom stereocenters. The molecule has 1 aliphatic rings. The number of rotatable bonds is 4. The number of nitrogens with zero attached hydrogens (tertiary/aromatic N) is 1. The average Bonchev–Trinajstić information content (AvgIpc) is 2.22. The highest BCUT2D eigenvalue weighted by molar-refractivity contribution is 5.78. The molecule has 1 rings (SSSR count). The fourth-order valence-corrected chi connectivity index (χ4v) is 1.75. The van der Waals surface area contributed by atoms with Gasteiger partial charge < -0.3 is 15.3 Å². The zero-order valence-electron chi connectivity index (χ0n) is 9.28. The highest BCUT2D eigenvalue weighted by Crippen LogP contribution is 2.16. The van der Waals surface area contributed by atoms with E-state index >= 15 is 0 Å². The fourth-order valence-electron chi connectivity index (χ4n) is 1.75. The molecule has 1 fully saturated rings. The number of amides is 1. The Morgan fingerprint density at radius 2 is 2.47 bits per heavy atom. The third-order valence-corrected chi connectivity index (χ3v) is 2.78. The van der Waals surface area contributed by atoms with Gasteiger partial charge in [0.1, 0.15) is 0 Å². The molecular weight excluding hydrogens is 192 g/mol. The van der Waals surface area contributed by atoms with Crippen LogP contribution in [0.2, 0.25) is 0 Å². The number of carbonyl (C=O) groups is 1. The summed E-state index contributed by atoms with van der Waals surface area (Å²) >= 11 is 0. The van der Waals surface area contributed by atoms with Crippen LogP contribution in [0.4, 0.5) is 0 Å². The van der Waals surface area contributed by atoms with Crippen molar-refractivity contribution < 1.29 is 9.90 Å². The maximum absolute atomic E-state index is 11.7. The van der Waals surface area contributed by atoms with Crippen LogP contribution in [-0.2, 0) is 4.79 Å². The van der Waals surface area contributed by atoms with Gasteiger partial charge in [0, 0.05) is 19.6 Å². The van der Waals surface area contributed by atoms with Gasteiger partial charge in [-0.25, -0.2) is 0 Å². The number of piperidine rings is 1. The van der Waals surface area contributed by atoms with Crippen molar-refractivity contribution in [3.8, 4) is 0 Å². The van der Waals surface area contributed by atoms with Crippen LogP contribution in [0.15, 0.2) is 12.7 Å². The Bertz CT molecular complexity index is 231. The lowest BCUT2D eigenvalue weighted by molar-refractivity contribution is -0.133. The molecule has 0 bridgehead atoms. The summed E-state index contributed by atoms with van der Waals surface area (Å²) in [6.07, 6.45) is 2.17. The molecule has 2 atom stereocenters. The summed E-state index contributed by atoms with van der Waals surface area (Å²) in [6.45, 7) is 7.88. The zero-order chi connectivity index (χ0) is 11.3. The van der Waals surface area contributed by atoms with Crippen LogP contribution in [0.5, 0.6) is 0 Å². The predicted octanol–water partition coefficient (Wildman–Crippen LogP) is -0.00870. The summed E-state index contributed by atoms with van der Waals surface area (Å²) in [5, 5.41) is 12.5. The van der Waals surface area contributed by atoms with Crippen molar-refractivity contribution in [1.29, 1.82) is 0 Å². The molecule has 2 N–H and O–H groups in total. The van der Waals surface area contributed by atoms with E-state index in [1.165, 1.54) is 0 Å². The van der Waals surface area contributed by atoms with E-state index < -0.39 is 0 Å². The molecule has 0 saturated carbocycles. The smallest absolute Gasteiger partial charge is 0.236 e. The maximum Gasteiger partial charge on any atom is 0.236 e. The minimum atomic E-state index is -0.254. The number of aliphatic hydroxyl groups is 1. The van der Waals surface area contributed by atoms with Gasteiger partial charge >= 0.3 is 0 Å². The number of hydrogen-bond acceptors (Lipinski definition) is 3. The van der Waals surface area contributed by atoms with Crippen LogP contribution in [0.1, 0.15) is 13.3 Å². The maximum atomic E-state index is 11.7. The molecule has 86 valence electrons. The molecule has 0 spiro atoms. The Morgan fingerprint density at radius 1 is 1.73 bits per heavy atom. The summed E-state index contributed by atoms with van der Waals surface area (Å²) in [7, 11) is 0. The highest BCUT2D eigenvalue weighted by Gasteiger charge is 2.26. The van der Waals surface area contributed by atoms with Crippen LogP contribution in [0.25, 0.3) is 0 Å². The van der Waals surface area contributed by atoms with Crippen LogP contribution < -0.4 is 5.32 Å². The quantitative estimate of drug-likeness (QED) is 0.509. The Hall–Kier alpha value is -0.870. The largest absolute Gasteiger partial charge is 0.393 e. The van der Waals surface area contributed by atoms with E-state index in [-0.39, 0.29) is 17.9 Å². The molecule has 0 aromatic rings. The third kappa shape index (κ3) is 3.64. The van der Waals surface area contributed by atoms with Gasteiger partial charge in [0.25, 0.3) is 0 Å². The molecule has 0 radical (unpaired) electrons. The number of hydrogen-bond donors (Lipinski definition) is 2. The second-order valence-electron chi connectivity index (χ2n) is 4.09.